The average Bonchev–Trinajstić information content (AvgIpc) is 3.34. The average molecular weight is 516 g/mol. The Morgan fingerprint density at radius 2 is 2.19 bits per heavy atom. The molecule has 0 amide bonds. The highest BCUT2D eigenvalue weighted by Gasteiger charge is 2.10. The largest absolute Gasteiger partial charge is 0.443 e. The zero-order valence-corrected chi connectivity index (χ0v) is 19.7. The first-order valence-electron chi connectivity index (χ1n) is 8.72. The number of rotatable bonds is 7. The number of hydrogen-bond acceptors (Lipinski definition) is 5. The molecule has 0 bridgehead atoms. The third-order valence-corrected chi connectivity index (χ3v) is 5.59. The quantitative estimate of drug-likeness (QED) is 0.261. The molecule has 1 unspecified atom stereocenters. The highest BCUT2D eigenvalue weighted by atomic mass is 127. The lowest BCUT2D eigenvalue weighted by atomic mass is 10.2. The number of thiophene rings is 2. The summed E-state index contributed by atoms with van der Waals surface area (Å²) >= 11 is 3.46. The van der Waals surface area contributed by atoms with E-state index in [0.717, 1.165) is 29.5 Å². The van der Waals surface area contributed by atoms with Crippen LogP contribution in [0.4, 0.5) is 0 Å². The van der Waals surface area contributed by atoms with Gasteiger partial charge >= 0.3 is 0 Å². The smallest absolute Gasteiger partial charge is 0.236 e. The number of aliphatic imine (C=N–C) groups is 1. The molecule has 0 aromatic carbocycles. The van der Waals surface area contributed by atoms with E-state index in [4.69, 9.17) is 4.42 Å². The monoisotopic (exact) mass is 516 g/mol. The Kier molecular flexibility index (Phi) is 8.78. The zero-order valence-electron chi connectivity index (χ0n) is 15.7. The van der Waals surface area contributed by atoms with Gasteiger partial charge in [0.15, 0.2) is 5.96 Å². The van der Waals surface area contributed by atoms with Crippen LogP contribution in [-0.4, -0.2) is 23.5 Å². The molecule has 0 fully saturated rings. The van der Waals surface area contributed by atoms with Crippen molar-refractivity contribution in [2.45, 2.75) is 39.8 Å². The molecule has 146 valence electrons. The summed E-state index contributed by atoms with van der Waals surface area (Å²) < 4.78 is 5.55. The summed E-state index contributed by atoms with van der Waals surface area (Å²) in [6.45, 7) is 7.67. The van der Waals surface area contributed by atoms with Crippen LogP contribution in [0, 0.1) is 6.92 Å². The molecule has 27 heavy (non-hydrogen) atoms. The summed E-state index contributed by atoms with van der Waals surface area (Å²) in [4.78, 5) is 12.9. The van der Waals surface area contributed by atoms with Crippen molar-refractivity contribution in [2.75, 3.05) is 6.54 Å². The van der Waals surface area contributed by atoms with Crippen molar-refractivity contribution in [1.29, 1.82) is 0 Å². The van der Waals surface area contributed by atoms with Crippen molar-refractivity contribution < 1.29 is 4.42 Å². The minimum absolute atomic E-state index is 0. The number of aromatic nitrogens is 1. The maximum absolute atomic E-state index is 5.55. The minimum atomic E-state index is 0. The minimum Gasteiger partial charge on any atom is -0.443 e. The lowest BCUT2D eigenvalue weighted by Crippen LogP contribution is -2.43. The molecule has 3 heterocycles. The van der Waals surface area contributed by atoms with Gasteiger partial charge in [0.25, 0.3) is 0 Å². The molecule has 0 spiro atoms. The first kappa shape index (κ1) is 21.9. The van der Waals surface area contributed by atoms with E-state index in [0.29, 0.717) is 18.5 Å². The summed E-state index contributed by atoms with van der Waals surface area (Å²) in [7, 11) is 0. The normalized spacial score (nSPS) is 12.5. The fourth-order valence-electron chi connectivity index (χ4n) is 2.55. The first-order chi connectivity index (χ1) is 12.6. The van der Waals surface area contributed by atoms with Crippen LogP contribution in [0.5, 0.6) is 0 Å². The number of guanidine groups is 1. The highest BCUT2D eigenvalue weighted by molar-refractivity contribution is 14.0. The van der Waals surface area contributed by atoms with Gasteiger partial charge in [-0.15, -0.1) is 46.7 Å². The van der Waals surface area contributed by atoms with Crippen molar-refractivity contribution in [3.8, 4) is 10.8 Å². The number of halogens is 1. The SMILES string of the molecule is CCNC(=NCc1coc(-c2cccs2)n1)NC(C)Cc1ccc(C)s1.I. The van der Waals surface area contributed by atoms with Gasteiger partial charge in [0.2, 0.25) is 5.89 Å². The molecule has 3 rings (SSSR count). The van der Waals surface area contributed by atoms with Crippen LogP contribution in [0.1, 0.15) is 29.3 Å². The molecule has 2 N–H and O–H groups in total. The molecule has 5 nitrogen and oxygen atoms in total. The summed E-state index contributed by atoms with van der Waals surface area (Å²) in [6.07, 6.45) is 2.66. The molecular formula is C19H25IN4OS2. The van der Waals surface area contributed by atoms with E-state index in [1.165, 1.54) is 9.75 Å². The van der Waals surface area contributed by atoms with Gasteiger partial charge in [-0.2, -0.15) is 0 Å². The summed E-state index contributed by atoms with van der Waals surface area (Å²) in [6, 6.07) is 8.66. The maximum atomic E-state index is 5.55. The third kappa shape index (κ3) is 6.62. The van der Waals surface area contributed by atoms with E-state index in [1.807, 2.05) is 28.8 Å². The molecule has 0 aliphatic rings. The second-order valence-corrected chi connectivity index (χ2v) is 8.40. The molecule has 8 heteroatoms. The molecule has 0 radical (unpaired) electrons. The number of aryl methyl sites for hydroxylation is 1. The van der Waals surface area contributed by atoms with E-state index in [1.54, 1.807) is 17.6 Å². The van der Waals surface area contributed by atoms with Crippen LogP contribution in [0.15, 0.2) is 45.3 Å². The number of nitrogens with one attached hydrogen (secondary N) is 2. The van der Waals surface area contributed by atoms with Gasteiger partial charge < -0.3 is 15.1 Å². The second-order valence-electron chi connectivity index (χ2n) is 6.08. The van der Waals surface area contributed by atoms with E-state index in [2.05, 4.69) is 53.5 Å². The molecule has 0 saturated heterocycles. The van der Waals surface area contributed by atoms with Crippen molar-refractivity contribution in [1.82, 2.24) is 15.6 Å². The van der Waals surface area contributed by atoms with Gasteiger partial charge in [-0.3, -0.25) is 0 Å². The van der Waals surface area contributed by atoms with E-state index in [-0.39, 0.29) is 24.0 Å². The topological polar surface area (TPSA) is 62.5 Å². The highest BCUT2D eigenvalue weighted by Crippen LogP contribution is 2.23. The van der Waals surface area contributed by atoms with Gasteiger partial charge in [-0.1, -0.05) is 6.07 Å². The molecule has 0 aliphatic carbocycles. The Bertz CT molecular complexity index is 842. The Morgan fingerprint density at radius 1 is 1.33 bits per heavy atom. The lowest BCUT2D eigenvalue weighted by molar-refractivity contribution is 0.574. The summed E-state index contributed by atoms with van der Waals surface area (Å²) in [5.41, 5.74) is 0.826. The predicted octanol–water partition coefficient (Wildman–Crippen LogP) is 5.08. The fraction of sp³-hybridized carbons (Fsp3) is 0.368. The second kappa shape index (κ2) is 10.8. The van der Waals surface area contributed by atoms with E-state index < -0.39 is 0 Å². The van der Waals surface area contributed by atoms with E-state index >= 15 is 0 Å². The standard InChI is InChI=1S/C19H24N4OS2.HI/c1-4-20-19(22-13(2)10-16-8-7-14(3)26-16)21-11-15-12-24-18(23-15)17-6-5-9-25-17;/h5-9,12-13H,4,10-11H2,1-3H3,(H2,20,21,22);1H. The van der Waals surface area contributed by atoms with Gasteiger partial charge in [0.05, 0.1) is 11.4 Å². The van der Waals surface area contributed by atoms with Gasteiger partial charge in [-0.25, -0.2) is 9.98 Å². The van der Waals surface area contributed by atoms with Crippen LogP contribution < -0.4 is 10.6 Å². The maximum Gasteiger partial charge on any atom is 0.236 e. The van der Waals surface area contributed by atoms with Crippen LogP contribution >= 0.6 is 46.7 Å². The number of hydrogen-bond donors (Lipinski definition) is 2. The van der Waals surface area contributed by atoms with Crippen LogP contribution in [0.3, 0.4) is 0 Å². The van der Waals surface area contributed by atoms with Crippen LogP contribution in [0.25, 0.3) is 10.8 Å². The third-order valence-electron chi connectivity index (χ3n) is 3.71. The van der Waals surface area contributed by atoms with Crippen molar-refractivity contribution in [3.05, 3.63) is 51.4 Å². The summed E-state index contributed by atoms with van der Waals surface area (Å²) in [5.74, 6) is 1.46. The zero-order chi connectivity index (χ0) is 18.4. The molecule has 0 saturated carbocycles. The van der Waals surface area contributed by atoms with Gasteiger partial charge in [-0.05, 0) is 44.4 Å². The Balaban J connectivity index is 0.00000261. The van der Waals surface area contributed by atoms with Crippen LogP contribution in [-0.2, 0) is 13.0 Å². The predicted molar refractivity (Wildman–Crippen MR) is 125 cm³/mol. The lowest BCUT2D eigenvalue weighted by Gasteiger charge is -2.17. The Morgan fingerprint density at radius 3 is 2.85 bits per heavy atom. The van der Waals surface area contributed by atoms with Crippen molar-refractivity contribution in [3.63, 3.8) is 0 Å². The Labute approximate surface area is 185 Å². The molecule has 1 atom stereocenters. The molecule has 3 aromatic rings. The molecule has 0 aliphatic heterocycles. The number of nitrogens with zero attached hydrogens (tertiary/aromatic N) is 2. The van der Waals surface area contributed by atoms with E-state index in [9.17, 15) is 0 Å². The molecular weight excluding hydrogens is 491 g/mol. The molecule has 3 aromatic heterocycles. The van der Waals surface area contributed by atoms with Gasteiger partial charge in [0.1, 0.15) is 12.0 Å². The van der Waals surface area contributed by atoms with Crippen molar-refractivity contribution in [2.24, 2.45) is 4.99 Å². The van der Waals surface area contributed by atoms with Gasteiger partial charge in [0, 0.05) is 28.8 Å². The fourth-order valence-corrected chi connectivity index (χ4v) is 4.23. The van der Waals surface area contributed by atoms with Crippen molar-refractivity contribution >= 4 is 52.6 Å². The first-order valence-corrected chi connectivity index (χ1v) is 10.4. The van der Waals surface area contributed by atoms with Crippen LogP contribution in [0.2, 0.25) is 0 Å². The summed E-state index contributed by atoms with van der Waals surface area (Å²) in [5, 5.41) is 8.78. The number of oxazole rings is 1. The Hall–Kier alpha value is -1.39.